The van der Waals surface area contributed by atoms with Crippen LogP contribution in [0, 0.1) is 0 Å². The zero-order chi connectivity index (χ0) is 13.8. The third-order valence-electron chi connectivity index (χ3n) is 3.69. The van der Waals surface area contributed by atoms with Gasteiger partial charge in [-0.05, 0) is 23.4 Å². The fraction of sp³-hybridized carbons (Fsp3) is 0.643. The van der Waals surface area contributed by atoms with Gasteiger partial charge in [-0.2, -0.15) is 0 Å². The number of ether oxygens (including phenoxy) is 2. The molecule has 3 rings (SSSR count). The van der Waals surface area contributed by atoms with Crippen LogP contribution in [0.4, 0.5) is 0 Å². The van der Waals surface area contributed by atoms with Crippen molar-refractivity contribution in [3.05, 3.63) is 21.9 Å². The Balaban J connectivity index is 1.41. The molecular weight excluding hydrogens is 276 g/mol. The summed E-state index contributed by atoms with van der Waals surface area (Å²) < 4.78 is 10.9. The summed E-state index contributed by atoms with van der Waals surface area (Å²) in [5, 5.41) is 5.28. The first kappa shape index (κ1) is 14.0. The van der Waals surface area contributed by atoms with E-state index in [1.54, 1.807) is 11.3 Å². The SMILES string of the molecule is O=C(CNCC1COCCO1)N1CCc2sccc2C1. The van der Waals surface area contributed by atoms with Gasteiger partial charge in [0.05, 0.1) is 32.5 Å². The van der Waals surface area contributed by atoms with Crippen molar-refractivity contribution < 1.29 is 14.3 Å². The van der Waals surface area contributed by atoms with Gasteiger partial charge in [-0.15, -0.1) is 11.3 Å². The molecule has 0 bridgehead atoms. The van der Waals surface area contributed by atoms with E-state index in [2.05, 4.69) is 16.8 Å². The lowest BCUT2D eigenvalue weighted by Gasteiger charge is -2.28. The van der Waals surface area contributed by atoms with Gasteiger partial charge in [-0.25, -0.2) is 0 Å². The van der Waals surface area contributed by atoms with Crippen LogP contribution >= 0.6 is 11.3 Å². The summed E-state index contributed by atoms with van der Waals surface area (Å²) in [5.74, 6) is 0.165. The maximum atomic E-state index is 12.2. The quantitative estimate of drug-likeness (QED) is 0.886. The molecule has 1 N–H and O–H groups in total. The van der Waals surface area contributed by atoms with E-state index in [1.165, 1.54) is 10.4 Å². The van der Waals surface area contributed by atoms with Crippen LogP contribution in [-0.4, -0.2) is 56.4 Å². The highest BCUT2D eigenvalue weighted by atomic mass is 32.1. The van der Waals surface area contributed by atoms with E-state index in [-0.39, 0.29) is 12.0 Å². The summed E-state index contributed by atoms with van der Waals surface area (Å²) in [6.07, 6.45) is 1.06. The Morgan fingerprint density at radius 2 is 2.45 bits per heavy atom. The molecule has 20 heavy (non-hydrogen) atoms. The van der Waals surface area contributed by atoms with Crippen molar-refractivity contribution in [1.29, 1.82) is 0 Å². The number of hydrogen-bond donors (Lipinski definition) is 1. The maximum Gasteiger partial charge on any atom is 0.236 e. The number of rotatable bonds is 4. The second-order valence-electron chi connectivity index (χ2n) is 5.13. The molecule has 3 heterocycles. The summed E-state index contributed by atoms with van der Waals surface area (Å²) in [7, 11) is 0. The second kappa shape index (κ2) is 6.67. The zero-order valence-electron chi connectivity index (χ0n) is 11.5. The molecule has 5 nitrogen and oxygen atoms in total. The van der Waals surface area contributed by atoms with Crippen molar-refractivity contribution in [2.75, 3.05) is 39.5 Å². The zero-order valence-corrected chi connectivity index (χ0v) is 12.3. The lowest BCUT2D eigenvalue weighted by molar-refractivity contribution is -0.131. The van der Waals surface area contributed by atoms with Gasteiger partial charge in [0.2, 0.25) is 5.91 Å². The predicted octanol–water partition coefficient (Wildman–Crippen LogP) is 0.638. The Bertz CT molecular complexity index is 457. The van der Waals surface area contributed by atoms with Crippen molar-refractivity contribution in [3.8, 4) is 0 Å². The first-order valence-electron chi connectivity index (χ1n) is 7.06. The fourth-order valence-corrected chi connectivity index (χ4v) is 3.46. The summed E-state index contributed by atoms with van der Waals surface area (Å²) in [4.78, 5) is 15.5. The first-order chi connectivity index (χ1) is 9.83. The average molecular weight is 296 g/mol. The smallest absolute Gasteiger partial charge is 0.236 e. The van der Waals surface area contributed by atoms with E-state index >= 15 is 0 Å². The van der Waals surface area contributed by atoms with Crippen molar-refractivity contribution in [1.82, 2.24) is 10.2 Å². The third-order valence-corrected chi connectivity index (χ3v) is 4.72. The number of amides is 1. The Labute approximate surface area is 122 Å². The molecule has 1 unspecified atom stereocenters. The van der Waals surface area contributed by atoms with E-state index in [9.17, 15) is 4.79 Å². The minimum Gasteiger partial charge on any atom is -0.376 e. The molecule has 1 amide bonds. The van der Waals surface area contributed by atoms with E-state index in [4.69, 9.17) is 9.47 Å². The predicted molar refractivity (Wildman–Crippen MR) is 76.9 cm³/mol. The normalized spacial score (nSPS) is 22.6. The van der Waals surface area contributed by atoms with Gasteiger partial charge < -0.3 is 19.7 Å². The standard InChI is InChI=1S/C14H20N2O3S/c17-14(8-15-7-12-10-18-4-5-19-12)16-3-1-13-11(9-16)2-6-20-13/h2,6,12,15H,1,3-5,7-10H2. The van der Waals surface area contributed by atoms with E-state index < -0.39 is 0 Å². The minimum atomic E-state index is 0.0707. The van der Waals surface area contributed by atoms with Crippen LogP contribution in [0.1, 0.15) is 10.4 Å². The van der Waals surface area contributed by atoms with Crippen molar-refractivity contribution in [2.45, 2.75) is 19.1 Å². The molecule has 0 radical (unpaired) electrons. The van der Waals surface area contributed by atoms with Gasteiger partial charge in [0.15, 0.2) is 0 Å². The molecule has 6 heteroatoms. The molecule has 0 saturated carbocycles. The summed E-state index contributed by atoms with van der Waals surface area (Å²) in [5.41, 5.74) is 1.30. The van der Waals surface area contributed by atoms with Crippen molar-refractivity contribution >= 4 is 17.2 Å². The van der Waals surface area contributed by atoms with E-state index in [1.807, 2.05) is 4.90 Å². The Hall–Kier alpha value is -0.950. The summed E-state index contributed by atoms with van der Waals surface area (Å²) in [6.45, 7) is 4.56. The molecule has 1 atom stereocenters. The monoisotopic (exact) mass is 296 g/mol. The van der Waals surface area contributed by atoms with Crippen molar-refractivity contribution in [2.24, 2.45) is 0 Å². The lowest BCUT2D eigenvalue weighted by Crippen LogP contribution is -2.44. The van der Waals surface area contributed by atoms with E-state index in [0.717, 1.165) is 19.5 Å². The minimum absolute atomic E-state index is 0.0707. The number of nitrogens with zero attached hydrogens (tertiary/aromatic N) is 1. The van der Waals surface area contributed by atoms with Crippen LogP contribution < -0.4 is 5.32 Å². The molecule has 2 aliphatic heterocycles. The number of nitrogens with one attached hydrogen (secondary N) is 1. The molecule has 0 aliphatic carbocycles. The topological polar surface area (TPSA) is 50.8 Å². The molecule has 0 aromatic carbocycles. The van der Waals surface area contributed by atoms with Crippen LogP contribution in [0.3, 0.4) is 0 Å². The van der Waals surface area contributed by atoms with E-state index in [0.29, 0.717) is 32.9 Å². The largest absolute Gasteiger partial charge is 0.376 e. The van der Waals surface area contributed by atoms with Gasteiger partial charge in [-0.3, -0.25) is 4.79 Å². The molecule has 1 aromatic rings. The highest BCUT2D eigenvalue weighted by Gasteiger charge is 2.21. The molecule has 2 aliphatic rings. The maximum absolute atomic E-state index is 12.2. The molecular formula is C14H20N2O3S. The third kappa shape index (κ3) is 3.38. The van der Waals surface area contributed by atoms with Crippen LogP contribution in [0.15, 0.2) is 11.4 Å². The number of hydrogen-bond acceptors (Lipinski definition) is 5. The summed E-state index contributed by atoms with van der Waals surface area (Å²) in [6, 6.07) is 2.13. The number of fused-ring (bicyclic) bond motifs is 1. The Morgan fingerprint density at radius 1 is 1.50 bits per heavy atom. The van der Waals surface area contributed by atoms with Crippen LogP contribution in [0.5, 0.6) is 0 Å². The summed E-state index contributed by atoms with van der Waals surface area (Å²) >= 11 is 1.79. The fourth-order valence-electron chi connectivity index (χ4n) is 2.57. The van der Waals surface area contributed by atoms with Gasteiger partial charge in [0, 0.05) is 24.5 Å². The van der Waals surface area contributed by atoms with Crippen LogP contribution in [-0.2, 0) is 27.2 Å². The first-order valence-corrected chi connectivity index (χ1v) is 7.94. The molecule has 0 spiro atoms. The lowest BCUT2D eigenvalue weighted by atomic mass is 10.1. The highest BCUT2D eigenvalue weighted by Crippen LogP contribution is 2.23. The second-order valence-corrected chi connectivity index (χ2v) is 6.13. The molecule has 110 valence electrons. The average Bonchev–Trinajstić information content (AvgIpc) is 2.95. The highest BCUT2D eigenvalue weighted by molar-refractivity contribution is 7.10. The number of carbonyl (C=O) groups excluding carboxylic acids is 1. The van der Waals surface area contributed by atoms with Crippen LogP contribution in [0.25, 0.3) is 0 Å². The van der Waals surface area contributed by atoms with Gasteiger partial charge >= 0.3 is 0 Å². The Kier molecular flexibility index (Phi) is 4.67. The number of thiophene rings is 1. The Morgan fingerprint density at radius 3 is 3.30 bits per heavy atom. The van der Waals surface area contributed by atoms with Gasteiger partial charge in [-0.1, -0.05) is 0 Å². The van der Waals surface area contributed by atoms with Crippen LogP contribution in [0.2, 0.25) is 0 Å². The molecule has 1 saturated heterocycles. The molecule has 1 aromatic heterocycles. The van der Waals surface area contributed by atoms with Gasteiger partial charge in [0.1, 0.15) is 0 Å². The van der Waals surface area contributed by atoms with Crippen molar-refractivity contribution in [3.63, 3.8) is 0 Å². The van der Waals surface area contributed by atoms with Gasteiger partial charge in [0.25, 0.3) is 0 Å². The molecule has 1 fully saturated rings. The number of carbonyl (C=O) groups is 1.